The predicted molar refractivity (Wildman–Crippen MR) is 66.5 cm³/mol. The van der Waals surface area contributed by atoms with Gasteiger partial charge in [0.05, 0.1) is 7.11 Å². The Kier molecular flexibility index (Phi) is 2.52. The number of benzene rings is 1. The largest absolute Gasteiger partial charge is 0.468 e. The zero-order chi connectivity index (χ0) is 13.6. The summed E-state index contributed by atoms with van der Waals surface area (Å²) in [7, 11) is 1.30. The number of ether oxygens (including phenoxy) is 2. The number of hydrogen-bond donors (Lipinski definition) is 1. The van der Waals surface area contributed by atoms with Crippen molar-refractivity contribution in [1.29, 1.82) is 0 Å². The summed E-state index contributed by atoms with van der Waals surface area (Å²) in [4.78, 5) is 24.0. The van der Waals surface area contributed by atoms with Crippen LogP contribution in [-0.4, -0.2) is 24.7 Å². The van der Waals surface area contributed by atoms with Crippen molar-refractivity contribution in [2.45, 2.75) is 25.0 Å². The standard InChI is InChI=1S/C14H15NO4/c1-14-7-9(8-5-3-4-6-10(8)19-14)11(12(16)15-14)13(17)18-2/h3-6,9,11H,7H2,1-2H3,(H,15,16). The highest BCUT2D eigenvalue weighted by atomic mass is 16.5. The summed E-state index contributed by atoms with van der Waals surface area (Å²) in [5, 5.41) is 2.77. The van der Waals surface area contributed by atoms with Gasteiger partial charge in [0.15, 0.2) is 5.72 Å². The van der Waals surface area contributed by atoms with Gasteiger partial charge in [-0.25, -0.2) is 0 Å². The molecule has 0 aliphatic carbocycles. The average Bonchev–Trinajstić information content (AvgIpc) is 2.37. The van der Waals surface area contributed by atoms with Crippen molar-refractivity contribution < 1.29 is 19.1 Å². The summed E-state index contributed by atoms with van der Waals surface area (Å²) in [6.07, 6.45) is 0.565. The quantitative estimate of drug-likeness (QED) is 0.609. The van der Waals surface area contributed by atoms with E-state index in [1.165, 1.54) is 7.11 Å². The van der Waals surface area contributed by atoms with Crippen LogP contribution in [0.25, 0.3) is 0 Å². The van der Waals surface area contributed by atoms with Gasteiger partial charge < -0.3 is 14.8 Å². The molecule has 3 rings (SSSR count). The predicted octanol–water partition coefficient (Wildman–Crippen LogP) is 1.19. The third-order valence-corrected chi connectivity index (χ3v) is 3.79. The van der Waals surface area contributed by atoms with E-state index in [-0.39, 0.29) is 11.8 Å². The number of amides is 1. The number of fused-ring (bicyclic) bond motifs is 4. The lowest BCUT2D eigenvalue weighted by Gasteiger charge is -2.46. The molecule has 1 aromatic carbocycles. The van der Waals surface area contributed by atoms with Crippen molar-refractivity contribution in [3.8, 4) is 5.75 Å². The molecule has 0 aromatic heterocycles. The third-order valence-electron chi connectivity index (χ3n) is 3.79. The molecule has 1 saturated heterocycles. The van der Waals surface area contributed by atoms with E-state index in [1.807, 2.05) is 31.2 Å². The zero-order valence-electron chi connectivity index (χ0n) is 10.8. The van der Waals surface area contributed by atoms with E-state index in [2.05, 4.69) is 5.32 Å². The first-order valence-electron chi connectivity index (χ1n) is 6.22. The van der Waals surface area contributed by atoms with Crippen LogP contribution in [0, 0.1) is 5.92 Å². The molecular formula is C14H15NO4. The minimum atomic E-state index is -0.803. The summed E-state index contributed by atoms with van der Waals surface area (Å²) in [6.45, 7) is 1.82. The maximum Gasteiger partial charge on any atom is 0.318 e. The Balaban J connectivity index is 2.10. The van der Waals surface area contributed by atoms with Crippen molar-refractivity contribution >= 4 is 11.9 Å². The fourth-order valence-electron chi connectivity index (χ4n) is 2.99. The number of hydrogen-bond acceptors (Lipinski definition) is 4. The fourth-order valence-corrected chi connectivity index (χ4v) is 2.99. The Morgan fingerprint density at radius 3 is 2.95 bits per heavy atom. The molecule has 3 atom stereocenters. The summed E-state index contributed by atoms with van der Waals surface area (Å²) < 4.78 is 10.6. The molecule has 3 unspecified atom stereocenters. The lowest BCUT2D eigenvalue weighted by atomic mass is 9.75. The van der Waals surface area contributed by atoms with Gasteiger partial charge in [-0.05, 0) is 18.6 Å². The molecule has 2 heterocycles. The summed E-state index contributed by atoms with van der Waals surface area (Å²) in [6, 6.07) is 7.50. The van der Waals surface area contributed by atoms with E-state index in [0.717, 1.165) is 11.3 Å². The first kappa shape index (κ1) is 12.0. The number of para-hydroxylation sites is 1. The molecule has 0 radical (unpaired) electrons. The topological polar surface area (TPSA) is 64.6 Å². The molecule has 1 fully saturated rings. The van der Waals surface area contributed by atoms with Crippen molar-refractivity contribution in [2.75, 3.05) is 7.11 Å². The summed E-state index contributed by atoms with van der Waals surface area (Å²) in [5.41, 5.74) is 0.144. The Labute approximate surface area is 110 Å². The molecule has 1 aromatic rings. The second-order valence-electron chi connectivity index (χ2n) is 5.17. The van der Waals surface area contributed by atoms with Crippen molar-refractivity contribution in [1.82, 2.24) is 5.32 Å². The molecule has 19 heavy (non-hydrogen) atoms. The van der Waals surface area contributed by atoms with Crippen LogP contribution in [0.3, 0.4) is 0 Å². The normalized spacial score (nSPS) is 31.8. The van der Waals surface area contributed by atoms with Crippen LogP contribution in [0.15, 0.2) is 24.3 Å². The molecule has 2 aliphatic rings. The molecule has 5 heteroatoms. The number of rotatable bonds is 1. The Morgan fingerprint density at radius 1 is 1.47 bits per heavy atom. The smallest absolute Gasteiger partial charge is 0.318 e. The molecule has 0 saturated carbocycles. The maximum absolute atomic E-state index is 12.1. The minimum absolute atomic E-state index is 0.198. The fraction of sp³-hybridized carbons (Fsp3) is 0.429. The van der Waals surface area contributed by atoms with Gasteiger partial charge in [0.25, 0.3) is 0 Å². The van der Waals surface area contributed by atoms with Gasteiger partial charge in [-0.15, -0.1) is 0 Å². The van der Waals surface area contributed by atoms with E-state index in [0.29, 0.717) is 6.42 Å². The monoisotopic (exact) mass is 261 g/mol. The van der Waals surface area contributed by atoms with Gasteiger partial charge in [-0.3, -0.25) is 9.59 Å². The highest BCUT2D eigenvalue weighted by Gasteiger charge is 2.52. The number of nitrogens with one attached hydrogen (secondary N) is 1. The van der Waals surface area contributed by atoms with Crippen LogP contribution in [0.5, 0.6) is 5.75 Å². The maximum atomic E-state index is 12.1. The van der Waals surface area contributed by atoms with Gasteiger partial charge >= 0.3 is 5.97 Å². The molecule has 1 amide bonds. The second-order valence-corrected chi connectivity index (χ2v) is 5.17. The van der Waals surface area contributed by atoms with Crippen LogP contribution in [0.1, 0.15) is 24.8 Å². The van der Waals surface area contributed by atoms with Crippen LogP contribution in [0.2, 0.25) is 0 Å². The molecule has 2 bridgehead atoms. The first-order chi connectivity index (χ1) is 9.04. The van der Waals surface area contributed by atoms with Crippen molar-refractivity contribution in [3.05, 3.63) is 29.8 Å². The van der Waals surface area contributed by atoms with Gasteiger partial charge in [0, 0.05) is 12.3 Å². The van der Waals surface area contributed by atoms with Gasteiger partial charge in [0.1, 0.15) is 11.7 Å². The van der Waals surface area contributed by atoms with E-state index in [1.54, 1.807) is 0 Å². The summed E-state index contributed by atoms with van der Waals surface area (Å²) in [5.74, 6) is -1.12. The molecule has 1 N–H and O–H groups in total. The zero-order valence-corrected chi connectivity index (χ0v) is 10.8. The molecule has 0 spiro atoms. The van der Waals surface area contributed by atoms with E-state index >= 15 is 0 Å². The number of carbonyl (C=O) groups is 2. The molecular weight excluding hydrogens is 246 g/mol. The number of piperidine rings is 1. The Hall–Kier alpha value is -2.04. The second kappa shape index (κ2) is 3.98. The average molecular weight is 261 g/mol. The first-order valence-corrected chi connectivity index (χ1v) is 6.22. The van der Waals surface area contributed by atoms with E-state index < -0.39 is 17.6 Å². The van der Waals surface area contributed by atoms with Crippen molar-refractivity contribution in [3.63, 3.8) is 0 Å². The van der Waals surface area contributed by atoms with Crippen LogP contribution >= 0.6 is 0 Å². The van der Waals surface area contributed by atoms with Crippen LogP contribution in [0.4, 0.5) is 0 Å². The number of carbonyl (C=O) groups excluding carboxylic acids is 2. The Bertz CT molecular complexity index is 556. The van der Waals surface area contributed by atoms with E-state index in [9.17, 15) is 9.59 Å². The highest BCUT2D eigenvalue weighted by molar-refractivity contribution is 6.00. The summed E-state index contributed by atoms with van der Waals surface area (Å²) >= 11 is 0. The molecule has 5 nitrogen and oxygen atoms in total. The molecule has 100 valence electrons. The Morgan fingerprint density at radius 2 is 2.21 bits per heavy atom. The third kappa shape index (κ3) is 1.77. The number of esters is 1. The van der Waals surface area contributed by atoms with Crippen molar-refractivity contribution in [2.24, 2.45) is 5.92 Å². The van der Waals surface area contributed by atoms with Crippen LogP contribution < -0.4 is 10.1 Å². The number of methoxy groups -OCH3 is 1. The van der Waals surface area contributed by atoms with Gasteiger partial charge in [-0.1, -0.05) is 18.2 Å². The minimum Gasteiger partial charge on any atom is -0.468 e. The highest BCUT2D eigenvalue weighted by Crippen LogP contribution is 2.46. The lowest BCUT2D eigenvalue weighted by Crippen LogP contribution is -2.62. The van der Waals surface area contributed by atoms with Gasteiger partial charge in [-0.2, -0.15) is 0 Å². The SMILES string of the molecule is COC(=O)C1C(=O)NC2(C)CC1c1ccccc1O2. The van der Waals surface area contributed by atoms with E-state index in [4.69, 9.17) is 9.47 Å². The van der Waals surface area contributed by atoms with Crippen LogP contribution in [-0.2, 0) is 14.3 Å². The lowest BCUT2D eigenvalue weighted by molar-refractivity contribution is -0.158. The van der Waals surface area contributed by atoms with Gasteiger partial charge in [0.2, 0.25) is 5.91 Å². The molecule has 2 aliphatic heterocycles.